The first kappa shape index (κ1) is 11.8. The number of nitrogens with two attached hydrogens (primary N) is 1. The predicted molar refractivity (Wildman–Crippen MR) is 68.1 cm³/mol. The second kappa shape index (κ2) is 4.67. The Kier molecular flexibility index (Phi) is 3.24. The Hall–Kier alpha value is -1.68. The van der Waals surface area contributed by atoms with Crippen LogP contribution >= 0.6 is 0 Å². The van der Waals surface area contributed by atoms with Gasteiger partial charge in [-0.15, -0.1) is 0 Å². The molecule has 0 aliphatic carbocycles. The smallest absolute Gasteiger partial charge is 0.164 e. The second-order valence-corrected chi connectivity index (χ2v) is 4.41. The van der Waals surface area contributed by atoms with Gasteiger partial charge in [0.15, 0.2) is 5.78 Å². The zero-order valence-corrected chi connectivity index (χ0v) is 10.2. The Bertz CT molecular complexity index is 543. The summed E-state index contributed by atoms with van der Waals surface area (Å²) in [5.41, 5.74) is 8.00. The summed E-state index contributed by atoms with van der Waals surface area (Å²) in [6.45, 7) is 4.60. The Morgan fingerprint density at radius 3 is 2.88 bits per heavy atom. The molecule has 0 radical (unpaired) electrons. The lowest BCUT2D eigenvalue weighted by Gasteiger charge is -2.07. The molecular weight excluding hydrogens is 214 g/mol. The van der Waals surface area contributed by atoms with E-state index in [9.17, 15) is 4.79 Å². The molecule has 0 aliphatic heterocycles. The van der Waals surface area contributed by atoms with Crippen molar-refractivity contribution in [3.05, 3.63) is 30.1 Å². The summed E-state index contributed by atoms with van der Waals surface area (Å²) in [5.74, 6) is 0.0773. The fourth-order valence-electron chi connectivity index (χ4n) is 1.89. The number of hydrogen-bond acceptors (Lipinski definition) is 3. The summed E-state index contributed by atoms with van der Waals surface area (Å²) < 4.78 is 2.09. The van der Waals surface area contributed by atoms with E-state index in [-0.39, 0.29) is 5.78 Å². The number of carbonyl (C=O) groups excluding carboxylic acids is 1. The number of fused-ring (bicyclic) bond motifs is 1. The quantitative estimate of drug-likeness (QED) is 0.820. The molecule has 90 valence electrons. The molecule has 1 aromatic heterocycles. The highest BCUT2D eigenvalue weighted by atomic mass is 16.1. The van der Waals surface area contributed by atoms with Crippen LogP contribution in [-0.2, 0) is 0 Å². The highest BCUT2D eigenvalue weighted by molar-refractivity contribution is 5.99. The lowest BCUT2D eigenvalue weighted by molar-refractivity contribution is 0.0985. The van der Waals surface area contributed by atoms with Crippen molar-refractivity contribution in [2.75, 3.05) is 6.54 Å². The second-order valence-electron chi connectivity index (χ2n) is 4.41. The molecule has 0 bridgehead atoms. The third-order valence-corrected chi connectivity index (χ3v) is 2.82. The number of carbonyl (C=O) groups is 1. The lowest BCUT2D eigenvalue weighted by atomic mass is 10.1. The average Bonchev–Trinajstić information content (AvgIpc) is 2.71. The zero-order valence-electron chi connectivity index (χ0n) is 10.2. The van der Waals surface area contributed by atoms with Crippen LogP contribution in [0.1, 0.15) is 36.7 Å². The third-order valence-electron chi connectivity index (χ3n) is 2.82. The predicted octanol–water partition coefficient (Wildman–Crippen LogP) is 2.15. The molecule has 1 aromatic carbocycles. The van der Waals surface area contributed by atoms with Crippen LogP contribution in [0.25, 0.3) is 11.0 Å². The zero-order chi connectivity index (χ0) is 12.4. The van der Waals surface area contributed by atoms with Gasteiger partial charge in [-0.3, -0.25) is 4.79 Å². The van der Waals surface area contributed by atoms with Gasteiger partial charge in [0.25, 0.3) is 0 Å². The summed E-state index contributed by atoms with van der Waals surface area (Å²) in [6.07, 6.45) is 2.20. The summed E-state index contributed by atoms with van der Waals surface area (Å²) in [4.78, 5) is 16.0. The minimum absolute atomic E-state index is 0.0773. The molecule has 0 spiro atoms. The van der Waals surface area contributed by atoms with Gasteiger partial charge in [-0.25, -0.2) is 4.98 Å². The molecular formula is C13H17N3O. The Morgan fingerprint density at radius 2 is 2.24 bits per heavy atom. The molecule has 0 saturated heterocycles. The van der Waals surface area contributed by atoms with Gasteiger partial charge in [0.2, 0.25) is 0 Å². The van der Waals surface area contributed by atoms with Crippen LogP contribution in [0, 0.1) is 0 Å². The molecule has 2 rings (SSSR count). The van der Waals surface area contributed by atoms with Crippen LogP contribution in [-0.4, -0.2) is 21.9 Å². The molecule has 1 heterocycles. The van der Waals surface area contributed by atoms with Crippen LogP contribution in [0.5, 0.6) is 0 Å². The van der Waals surface area contributed by atoms with Crippen molar-refractivity contribution in [3.8, 4) is 0 Å². The topological polar surface area (TPSA) is 60.9 Å². The molecule has 0 amide bonds. The van der Waals surface area contributed by atoms with Gasteiger partial charge in [-0.1, -0.05) is 0 Å². The Morgan fingerprint density at radius 1 is 1.47 bits per heavy atom. The highest BCUT2D eigenvalue weighted by Crippen LogP contribution is 2.19. The van der Waals surface area contributed by atoms with E-state index in [1.54, 1.807) is 0 Å². The number of rotatable bonds is 4. The van der Waals surface area contributed by atoms with Crippen molar-refractivity contribution in [1.29, 1.82) is 0 Å². The number of hydrogen-bond donors (Lipinski definition) is 1. The number of aromatic nitrogens is 2. The minimum Gasteiger partial charge on any atom is -0.330 e. The molecule has 17 heavy (non-hydrogen) atoms. The fraction of sp³-hybridized carbons (Fsp3) is 0.385. The Balaban J connectivity index is 2.42. The van der Waals surface area contributed by atoms with Gasteiger partial charge < -0.3 is 10.3 Å². The third kappa shape index (κ3) is 2.22. The Labute approximate surface area is 100 Å². The van der Waals surface area contributed by atoms with E-state index in [1.165, 1.54) is 0 Å². The van der Waals surface area contributed by atoms with Crippen molar-refractivity contribution in [2.45, 2.75) is 26.3 Å². The fourth-order valence-corrected chi connectivity index (χ4v) is 1.89. The monoisotopic (exact) mass is 231 g/mol. The SMILES string of the molecule is CC(C)n1cnc2cc(C(=O)CCN)ccc21. The maximum absolute atomic E-state index is 11.7. The van der Waals surface area contributed by atoms with E-state index in [0.29, 0.717) is 24.6 Å². The van der Waals surface area contributed by atoms with E-state index in [4.69, 9.17) is 5.73 Å². The van der Waals surface area contributed by atoms with E-state index in [1.807, 2.05) is 24.5 Å². The number of Topliss-reactive ketones (excluding diaryl/α,β-unsaturated/α-hetero) is 1. The summed E-state index contributed by atoms with van der Waals surface area (Å²) in [5, 5.41) is 0. The van der Waals surface area contributed by atoms with Gasteiger partial charge in [0.1, 0.15) is 0 Å². The highest BCUT2D eigenvalue weighted by Gasteiger charge is 2.09. The van der Waals surface area contributed by atoms with E-state index in [0.717, 1.165) is 11.0 Å². The van der Waals surface area contributed by atoms with Crippen molar-refractivity contribution >= 4 is 16.8 Å². The molecule has 4 heteroatoms. The summed E-state index contributed by atoms with van der Waals surface area (Å²) >= 11 is 0. The summed E-state index contributed by atoms with van der Waals surface area (Å²) in [6, 6.07) is 6.00. The summed E-state index contributed by atoms with van der Waals surface area (Å²) in [7, 11) is 0. The first-order valence-electron chi connectivity index (χ1n) is 5.83. The first-order valence-corrected chi connectivity index (χ1v) is 5.83. The van der Waals surface area contributed by atoms with Crippen molar-refractivity contribution < 1.29 is 4.79 Å². The van der Waals surface area contributed by atoms with Crippen LogP contribution in [0.15, 0.2) is 24.5 Å². The van der Waals surface area contributed by atoms with E-state index >= 15 is 0 Å². The maximum atomic E-state index is 11.7. The van der Waals surface area contributed by atoms with Crippen LogP contribution in [0.4, 0.5) is 0 Å². The van der Waals surface area contributed by atoms with Crippen LogP contribution in [0.2, 0.25) is 0 Å². The van der Waals surface area contributed by atoms with Gasteiger partial charge in [0.05, 0.1) is 17.4 Å². The molecule has 0 atom stereocenters. The molecule has 0 fully saturated rings. The first-order chi connectivity index (χ1) is 8.13. The number of nitrogens with zero attached hydrogens (tertiary/aromatic N) is 2. The molecule has 2 aromatic rings. The molecule has 2 N–H and O–H groups in total. The number of benzene rings is 1. The number of imidazole rings is 1. The minimum atomic E-state index is 0.0773. The van der Waals surface area contributed by atoms with Crippen LogP contribution < -0.4 is 5.73 Å². The van der Waals surface area contributed by atoms with Gasteiger partial charge in [0, 0.05) is 18.0 Å². The molecule has 0 unspecified atom stereocenters. The van der Waals surface area contributed by atoms with E-state index < -0.39 is 0 Å². The molecule has 4 nitrogen and oxygen atoms in total. The lowest BCUT2D eigenvalue weighted by Crippen LogP contribution is -2.08. The van der Waals surface area contributed by atoms with Crippen molar-refractivity contribution in [3.63, 3.8) is 0 Å². The molecule has 0 aliphatic rings. The van der Waals surface area contributed by atoms with Crippen LogP contribution in [0.3, 0.4) is 0 Å². The van der Waals surface area contributed by atoms with Crippen molar-refractivity contribution in [2.24, 2.45) is 5.73 Å². The normalized spacial score (nSPS) is 11.3. The van der Waals surface area contributed by atoms with Gasteiger partial charge in [-0.05, 0) is 38.6 Å². The maximum Gasteiger partial charge on any atom is 0.164 e. The standard InChI is InChI=1S/C13H17N3O/c1-9(2)16-8-15-11-7-10(3-4-12(11)16)13(17)5-6-14/h3-4,7-9H,5-6,14H2,1-2H3. The average molecular weight is 231 g/mol. The van der Waals surface area contributed by atoms with Gasteiger partial charge >= 0.3 is 0 Å². The number of ketones is 1. The van der Waals surface area contributed by atoms with E-state index in [2.05, 4.69) is 23.4 Å². The van der Waals surface area contributed by atoms with Crippen molar-refractivity contribution in [1.82, 2.24) is 9.55 Å². The largest absolute Gasteiger partial charge is 0.330 e. The van der Waals surface area contributed by atoms with Gasteiger partial charge in [-0.2, -0.15) is 0 Å². The molecule has 0 saturated carbocycles.